The molecule has 2 unspecified atom stereocenters. The molecule has 2 aromatic rings. The van der Waals surface area contributed by atoms with Gasteiger partial charge in [0.15, 0.2) is 0 Å². The third-order valence-electron chi connectivity index (χ3n) is 8.74. The number of amides is 3. The Bertz CT molecular complexity index is 1340. The van der Waals surface area contributed by atoms with Gasteiger partial charge in [-0.2, -0.15) is 0 Å². The zero-order valence-electron chi connectivity index (χ0n) is 29.4. The molecule has 0 radical (unpaired) electrons. The first-order valence-corrected chi connectivity index (χ1v) is 18.0. The van der Waals surface area contributed by atoms with E-state index in [0.29, 0.717) is 78.7 Å². The Kier molecular flexibility index (Phi) is 14.9. The highest BCUT2D eigenvalue weighted by molar-refractivity contribution is 7.13. The number of thiazole rings is 1. The second kappa shape index (κ2) is 18.9. The minimum Gasteiger partial charge on any atom is -0.378 e. The molecule has 3 heterocycles. The number of nitrogens with two attached hydrogens (primary N) is 1. The molecule has 2 aliphatic heterocycles. The Hall–Kier alpha value is -2.98. The summed E-state index contributed by atoms with van der Waals surface area (Å²) in [5, 5.41) is 9.18. The molecule has 49 heavy (non-hydrogen) atoms. The number of nitrogens with zero attached hydrogens (tertiary/aromatic N) is 2. The molecule has 1 aromatic carbocycles. The lowest BCUT2D eigenvalue weighted by atomic mass is 9.83. The predicted octanol–water partition coefficient (Wildman–Crippen LogP) is 1.87. The fraction of sp³-hybridized carbons (Fsp3) is 0.657. The molecule has 0 bridgehead atoms. The van der Waals surface area contributed by atoms with Gasteiger partial charge in [0, 0.05) is 38.1 Å². The minimum atomic E-state index is -0.817. The van der Waals surface area contributed by atoms with E-state index in [4.69, 9.17) is 24.7 Å². The number of carbonyl (C=O) groups is 3. The normalized spacial score (nSPS) is 17.8. The fourth-order valence-electron chi connectivity index (χ4n) is 5.88. The Morgan fingerprint density at radius 3 is 2.33 bits per heavy atom. The molecule has 2 aliphatic rings. The van der Waals surface area contributed by atoms with Crippen LogP contribution < -0.4 is 21.7 Å². The topological polar surface area (TPSA) is 166 Å². The quantitative estimate of drug-likeness (QED) is 0.150. The van der Waals surface area contributed by atoms with Crippen molar-refractivity contribution < 1.29 is 33.3 Å². The summed E-state index contributed by atoms with van der Waals surface area (Å²) in [4.78, 5) is 47.3. The minimum absolute atomic E-state index is 0.182. The number of hydrogen-bond acceptors (Lipinski definition) is 11. The van der Waals surface area contributed by atoms with Gasteiger partial charge in [0.1, 0.15) is 18.7 Å². The summed E-state index contributed by atoms with van der Waals surface area (Å²) in [7, 11) is 0. The number of benzene rings is 1. The first kappa shape index (κ1) is 38.8. The molecule has 0 spiro atoms. The third kappa shape index (κ3) is 11.5. The van der Waals surface area contributed by atoms with E-state index in [1.807, 2.05) is 57.5 Å². The molecule has 1 aromatic heterocycles. The van der Waals surface area contributed by atoms with Gasteiger partial charge in [-0.25, -0.2) is 4.98 Å². The molecular formula is C35H54N6O7S. The molecule has 3 amide bonds. The maximum Gasteiger partial charge on any atom is 0.246 e. The maximum absolute atomic E-state index is 13.9. The first-order valence-electron chi connectivity index (χ1n) is 17.1. The molecule has 5 N–H and O–H groups in total. The summed E-state index contributed by atoms with van der Waals surface area (Å²) >= 11 is 1.60. The predicted molar refractivity (Wildman–Crippen MR) is 188 cm³/mol. The summed E-state index contributed by atoms with van der Waals surface area (Å²) < 4.78 is 22.4. The van der Waals surface area contributed by atoms with Crippen molar-refractivity contribution in [3.8, 4) is 10.4 Å². The van der Waals surface area contributed by atoms with E-state index in [0.717, 1.165) is 34.8 Å². The highest BCUT2D eigenvalue weighted by Crippen LogP contribution is 2.28. The monoisotopic (exact) mass is 702 g/mol. The van der Waals surface area contributed by atoms with Crippen LogP contribution in [0.3, 0.4) is 0 Å². The van der Waals surface area contributed by atoms with Crippen LogP contribution in [0.5, 0.6) is 0 Å². The molecule has 14 heteroatoms. The van der Waals surface area contributed by atoms with Crippen LogP contribution in [0.4, 0.5) is 0 Å². The fourth-order valence-corrected chi connectivity index (χ4v) is 6.69. The number of aryl methyl sites for hydroxylation is 1. The number of ether oxygens (including phenoxy) is 4. The lowest BCUT2D eigenvalue weighted by Gasteiger charge is -2.42. The summed E-state index contributed by atoms with van der Waals surface area (Å²) in [6, 6.07) is 6.65. The van der Waals surface area contributed by atoms with Gasteiger partial charge in [0.2, 0.25) is 17.7 Å². The van der Waals surface area contributed by atoms with Crippen molar-refractivity contribution in [1.29, 1.82) is 0 Å². The van der Waals surface area contributed by atoms with Crippen molar-refractivity contribution >= 4 is 29.1 Å². The number of rotatable bonds is 20. The van der Waals surface area contributed by atoms with Crippen LogP contribution in [0.2, 0.25) is 0 Å². The lowest BCUT2D eigenvalue weighted by Crippen LogP contribution is -2.59. The van der Waals surface area contributed by atoms with E-state index < -0.39 is 17.5 Å². The van der Waals surface area contributed by atoms with Crippen LogP contribution in [0, 0.1) is 17.8 Å². The van der Waals surface area contributed by atoms with Gasteiger partial charge in [-0.1, -0.05) is 45.0 Å². The maximum atomic E-state index is 13.9. The number of nitrogens with one attached hydrogen (secondary N) is 3. The molecule has 272 valence electrons. The Morgan fingerprint density at radius 2 is 1.71 bits per heavy atom. The van der Waals surface area contributed by atoms with Crippen LogP contribution in [0.1, 0.15) is 44.9 Å². The SMILES string of the molecule is Cc1ncsc1-c1ccc(CNC(=O)C2CCCN2C(=O)C(NC(=O)COCC2(COCCOCCOCCN)CNC2)C(C)(C)C)cc1. The first-order chi connectivity index (χ1) is 23.5. The van der Waals surface area contributed by atoms with Crippen molar-refractivity contribution in [3.63, 3.8) is 0 Å². The zero-order valence-corrected chi connectivity index (χ0v) is 30.2. The molecule has 2 saturated heterocycles. The summed E-state index contributed by atoms with van der Waals surface area (Å²) in [5.74, 6) is -0.830. The van der Waals surface area contributed by atoms with E-state index in [1.54, 1.807) is 16.2 Å². The molecule has 2 fully saturated rings. The molecule has 0 saturated carbocycles. The van der Waals surface area contributed by atoms with E-state index in [2.05, 4.69) is 20.9 Å². The number of carbonyl (C=O) groups excluding carboxylic acids is 3. The second-order valence-corrected chi connectivity index (χ2v) is 14.8. The third-order valence-corrected chi connectivity index (χ3v) is 9.72. The van der Waals surface area contributed by atoms with Gasteiger partial charge >= 0.3 is 0 Å². The van der Waals surface area contributed by atoms with Crippen LogP contribution >= 0.6 is 11.3 Å². The van der Waals surface area contributed by atoms with Crippen molar-refractivity contribution in [2.45, 2.75) is 59.2 Å². The van der Waals surface area contributed by atoms with E-state index >= 15 is 0 Å². The zero-order chi connectivity index (χ0) is 35.3. The lowest BCUT2D eigenvalue weighted by molar-refractivity contribution is -0.145. The molecule has 13 nitrogen and oxygen atoms in total. The van der Waals surface area contributed by atoms with Crippen molar-refractivity contribution in [2.24, 2.45) is 16.6 Å². The Labute approximate surface area is 294 Å². The average Bonchev–Trinajstić information content (AvgIpc) is 3.73. The van der Waals surface area contributed by atoms with Crippen LogP contribution in [-0.2, 0) is 39.9 Å². The largest absolute Gasteiger partial charge is 0.378 e. The number of likely N-dealkylation sites (tertiary alicyclic amines) is 1. The molecular weight excluding hydrogens is 648 g/mol. The van der Waals surface area contributed by atoms with Crippen LogP contribution in [0.25, 0.3) is 10.4 Å². The standard InChI is InChI=1S/C35H54N6O7S/c1-25-30(49-24-39-25)27-9-7-26(8-10-27)18-38-32(43)28-6-5-12-41(28)33(44)31(34(2,3)4)40-29(42)19-48-23-35(20-37-21-35)22-47-17-16-46-15-14-45-13-11-36/h7-10,24,28,31,37H,5-6,11-23,36H2,1-4H3,(H,38,43)(H,40,42). The summed E-state index contributed by atoms with van der Waals surface area (Å²) in [5.41, 5.74) is 9.48. The smallest absolute Gasteiger partial charge is 0.246 e. The van der Waals surface area contributed by atoms with Crippen molar-refractivity contribution in [1.82, 2.24) is 25.8 Å². The average molecular weight is 703 g/mol. The van der Waals surface area contributed by atoms with Gasteiger partial charge in [-0.3, -0.25) is 14.4 Å². The van der Waals surface area contributed by atoms with Crippen molar-refractivity contribution in [2.75, 3.05) is 79.0 Å². The second-order valence-electron chi connectivity index (χ2n) is 13.9. The highest BCUT2D eigenvalue weighted by Gasteiger charge is 2.42. The Balaban J connectivity index is 1.21. The Morgan fingerprint density at radius 1 is 1.04 bits per heavy atom. The van der Waals surface area contributed by atoms with E-state index in [-0.39, 0.29) is 29.7 Å². The highest BCUT2D eigenvalue weighted by atomic mass is 32.1. The number of hydrogen-bond donors (Lipinski definition) is 4. The van der Waals surface area contributed by atoms with Crippen LogP contribution in [0.15, 0.2) is 29.8 Å². The summed E-state index contributed by atoms with van der Waals surface area (Å²) in [6.45, 7) is 13.5. The molecule has 0 aliphatic carbocycles. The van der Waals surface area contributed by atoms with E-state index in [1.165, 1.54) is 0 Å². The van der Waals surface area contributed by atoms with Gasteiger partial charge in [0.25, 0.3) is 0 Å². The van der Waals surface area contributed by atoms with E-state index in [9.17, 15) is 14.4 Å². The number of aromatic nitrogens is 1. The molecule has 4 rings (SSSR count). The van der Waals surface area contributed by atoms with Crippen LogP contribution in [-0.4, -0.2) is 119 Å². The van der Waals surface area contributed by atoms with Gasteiger partial charge in [0.05, 0.1) is 62.3 Å². The summed E-state index contributed by atoms with van der Waals surface area (Å²) in [6.07, 6.45) is 1.29. The van der Waals surface area contributed by atoms with Gasteiger partial charge in [-0.05, 0) is 36.3 Å². The van der Waals surface area contributed by atoms with Gasteiger partial charge < -0.3 is 45.5 Å². The van der Waals surface area contributed by atoms with Gasteiger partial charge in [-0.15, -0.1) is 11.3 Å². The van der Waals surface area contributed by atoms with Crippen molar-refractivity contribution in [3.05, 3.63) is 41.0 Å². The molecule has 2 atom stereocenters.